The zero-order valence-corrected chi connectivity index (χ0v) is 29.8. The Morgan fingerprint density at radius 2 is 1.77 bits per heavy atom. The number of rotatable bonds is 9. The third-order valence-electron chi connectivity index (χ3n) is 11.3. The van der Waals surface area contributed by atoms with E-state index in [4.69, 9.17) is 9.47 Å². The number of amides is 3. The van der Waals surface area contributed by atoms with Crippen LogP contribution in [-0.4, -0.2) is 87.9 Å². The number of imidazole rings is 1. The molecule has 0 saturated carbocycles. The van der Waals surface area contributed by atoms with E-state index < -0.39 is 6.04 Å². The first kappa shape index (κ1) is 33.7. The van der Waals surface area contributed by atoms with Crippen molar-refractivity contribution in [1.29, 1.82) is 0 Å². The fourth-order valence-electron chi connectivity index (χ4n) is 8.33. The Morgan fingerprint density at radius 1 is 1.02 bits per heavy atom. The Bertz CT molecular complexity index is 2150. The molecule has 0 bridgehead atoms. The number of nitrogens with zero attached hydrogens (tertiary/aromatic N) is 6. The van der Waals surface area contributed by atoms with Crippen LogP contribution in [0.5, 0.6) is 11.5 Å². The van der Waals surface area contributed by atoms with Crippen LogP contribution in [0.15, 0.2) is 66.0 Å². The standard InChI is InChI=1S/C39H43N7O6/c1-4-5-12-43-21-32(46-24-40-18-31(46)38(43)50)26-15-33(51-2)29(34(16-26)52-3)20-42-13-10-39(11-14-42)22-44(23-39)27-7-6-25-19-45(37(49)28(25)17-27)30-8-9-35(47)41-36(30)48/h4-7,15-18,21,24,30H,8-14,19-20,22-23H2,1-3H3,(H,41,47,48)/b5-4+. The molecule has 2 aromatic heterocycles. The van der Waals surface area contributed by atoms with E-state index in [1.54, 1.807) is 36.2 Å². The van der Waals surface area contributed by atoms with Crippen molar-refractivity contribution in [2.45, 2.75) is 58.3 Å². The van der Waals surface area contributed by atoms with Crippen LogP contribution in [0.4, 0.5) is 5.69 Å². The van der Waals surface area contributed by atoms with Crippen molar-refractivity contribution in [1.82, 2.24) is 29.1 Å². The summed E-state index contributed by atoms with van der Waals surface area (Å²) in [6, 6.07) is 9.48. The second-order valence-electron chi connectivity index (χ2n) is 14.4. The van der Waals surface area contributed by atoms with Gasteiger partial charge in [-0.1, -0.05) is 18.2 Å². The maximum Gasteiger partial charge on any atom is 0.276 e. The smallest absolute Gasteiger partial charge is 0.276 e. The van der Waals surface area contributed by atoms with Crippen molar-refractivity contribution >= 4 is 28.9 Å². The highest BCUT2D eigenvalue weighted by Crippen LogP contribution is 2.45. The molecule has 4 aliphatic rings. The Morgan fingerprint density at radius 3 is 2.46 bits per heavy atom. The number of benzene rings is 2. The van der Waals surface area contributed by atoms with Crippen molar-refractivity contribution in [2.75, 3.05) is 45.3 Å². The fourth-order valence-corrected chi connectivity index (χ4v) is 8.33. The second-order valence-corrected chi connectivity index (χ2v) is 14.4. The summed E-state index contributed by atoms with van der Waals surface area (Å²) in [6.07, 6.45) is 11.7. The van der Waals surface area contributed by atoms with E-state index >= 15 is 0 Å². The molecular formula is C39H43N7O6. The Labute approximate surface area is 301 Å². The number of ether oxygens (including phenoxy) is 2. The Kier molecular flexibility index (Phi) is 8.60. The Hall–Kier alpha value is -5.43. The number of likely N-dealkylation sites (tertiary alicyclic amines) is 1. The van der Waals surface area contributed by atoms with Gasteiger partial charge in [0, 0.05) is 67.6 Å². The molecule has 52 heavy (non-hydrogen) atoms. The third kappa shape index (κ3) is 5.82. The lowest BCUT2D eigenvalue weighted by Gasteiger charge is -2.55. The SMILES string of the molecule is C/C=C/Cn1cc(-c2cc(OC)c(CN3CCC4(CC3)CN(c3ccc5c(c3)C(=O)N(C3CCC(=O)NC3=O)C5)C4)c(OC)c2)n2cncc2c1=O. The lowest BCUT2D eigenvalue weighted by Crippen LogP contribution is -2.60. The van der Waals surface area contributed by atoms with Gasteiger partial charge in [-0.2, -0.15) is 0 Å². The molecule has 1 unspecified atom stereocenters. The predicted octanol–water partition coefficient (Wildman–Crippen LogP) is 3.62. The van der Waals surface area contributed by atoms with E-state index in [9.17, 15) is 19.2 Å². The summed E-state index contributed by atoms with van der Waals surface area (Å²) >= 11 is 0. The lowest BCUT2D eigenvalue weighted by atomic mass is 9.71. The van der Waals surface area contributed by atoms with Gasteiger partial charge in [0.15, 0.2) is 0 Å². The summed E-state index contributed by atoms with van der Waals surface area (Å²) in [5.41, 5.74) is 5.88. The zero-order valence-electron chi connectivity index (χ0n) is 29.8. The van der Waals surface area contributed by atoms with Crippen molar-refractivity contribution in [3.63, 3.8) is 0 Å². The van der Waals surface area contributed by atoms with Crippen molar-refractivity contribution < 1.29 is 23.9 Å². The molecule has 13 nitrogen and oxygen atoms in total. The molecule has 270 valence electrons. The highest BCUT2D eigenvalue weighted by atomic mass is 16.5. The van der Waals surface area contributed by atoms with E-state index in [-0.39, 0.29) is 35.1 Å². The molecule has 1 N–H and O–H groups in total. The van der Waals surface area contributed by atoms with E-state index in [0.29, 0.717) is 37.1 Å². The molecular weight excluding hydrogens is 662 g/mol. The first-order valence-corrected chi connectivity index (χ1v) is 17.9. The van der Waals surface area contributed by atoms with Gasteiger partial charge in [0.05, 0.1) is 38.0 Å². The fraction of sp³-hybridized carbons (Fsp3) is 0.410. The summed E-state index contributed by atoms with van der Waals surface area (Å²) in [4.78, 5) is 61.2. The van der Waals surface area contributed by atoms with Gasteiger partial charge < -0.3 is 23.8 Å². The van der Waals surface area contributed by atoms with E-state index in [1.807, 2.05) is 53.9 Å². The lowest BCUT2D eigenvalue weighted by molar-refractivity contribution is -0.136. The van der Waals surface area contributed by atoms with Crippen LogP contribution in [0.2, 0.25) is 0 Å². The molecule has 0 aliphatic carbocycles. The quantitative estimate of drug-likeness (QED) is 0.205. The highest BCUT2D eigenvalue weighted by Gasteiger charge is 2.46. The van der Waals surface area contributed by atoms with Crippen LogP contribution >= 0.6 is 0 Å². The minimum absolute atomic E-state index is 0.104. The molecule has 3 fully saturated rings. The average molecular weight is 706 g/mol. The van der Waals surface area contributed by atoms with Gasteiger partial charge in [-0.3, -0.25) is 33.8 Å². The number of methoxy groups -OCH3 is 2. The van der Waals surface area contributed by atoms with Crippen LogP contribution in [-0.2, 0) is 29.2 Å². The second kappa shape index (κ2) is 13.3. The van der Waals surface area contributed by atoms with Crippen molar-refractivity contribution in [2.24, 2.45) is 5.41 Å². The number of nitrogens with one attached hydrogen (secondary N) is 1. The first-order chi connectivity index (χ1) is 25.2. The van der Waals surface area contributed by atoms with Gasteiger partial charge in [-0.05, 0) is 69.1 Å². The summed E-state index contributed by atoms with van der Waals surface area (Å²) in [5, 5.41) is 2.37. The molecule has 8 rings (SSSR count). The van der Waals surface area contributed by atoms with E-state index in [2.05, 4.69) is 26.2 Å². The summed E-state index contributed by atoms with van der Waals surface area (Å²) in [6.45, 7) is 7.22. The molecule has 1 spiro atoms. The normalized spacial score (nSPS) is 20.1. The number of allylic oxidation sites excluding steroid dienone is 2. The first-order valence-electron chi connectivity index (χ1n) is 17.9. The van der Waals surface area contributed by atoms with Gasteiger partial charge in [-0.15, -0.1) is 0 Å². The number of imide groups is 1. The number of anilines is 1. The highest BCUT2D eigenvalue weighted by molar-refractivity contribution is 6.05. The van der Waals surface area contributed by atoms with Crippen LogP contribution in [0.1, 0.15) is 54.1 Å². The predicted molar refractivity (Wildman–Crippen MR) is 194 cm³/mol. The molecule has 3 saturated heterocycles. The zero-order chi connectivity index (χ0) is 36.1. The van der Waals surface area contributed by atoms with Gasteiger partial charge in [-0.25, -0.2) is 4.98 Å². The van der Waals surface area contributed by atoms with Crippen LogP contribution in [0.25, 0.3) is 16.8 Å². The molecule has 0 radical (unpaired) electrons. The molecule has 4 aliphatic heterocycles. The molecule has 3 amide bonds. The van der Waals surface area contributed by atoms with Gasteiger partial charge in [0.1, 0.15) is 23.1 Å². The summed E-state index contributed by atoms with van der Waals surface area (Å²) < 4.78 is 15.4. The average Bonchev–Trinajstić information content (AvgIpc) is 3.76. The van der Waals surface area contributed by atoms with Crippen molar-refractivity contribution in [3.8, 4) is 22.8 Å². The molecule has 6 heterocycles. The number of carbonyl (C=O) groups excluding carboxylic acids is 3. The summed E-state index contributed by atoms with van der Waals surface area (Å²) in [7, 11) is 3.35. The minimum atomic E-state index is -0.609. The molecule has 2 aromatic carbocycles. The summed E-state index contributed by atoms with van der Waals surface area (Å²) in [5.74, 6) is 0.642. The topological polar surface area (TPSA) is 131 Å². The van der Waals surface area contributed by atoms with Crippen LogP contribution in [0.3, 0.4) is 0 Å². The number of carbonyl (C=O) groups is 3. The monoisotopic (exact) mass is 705 g/mol. The van der Waals surface area contributed by atoms with E-state index in [0.717, 1.165) is 78.6 Å². The van der Waals surface area contributed by atoms with Crippen molar-refractivity contribution in [3.05, 3.63) is 88.2 Å². The minimum Gasteiger partial charge on any atom is -0.496 e. The molecule has 1 atom stereocenters. The Balaban J connectivity index is 0.933. The number of hydrogen-bond donors (Lipinski definition) is 1. The maximum absolute atomic E-state index is 13.4. The van der Waals surface area contributed by atoms with Crippen LogP contribution < -0.4 is 25.2 Å². The number of fused-ring (bicyclic) bond motifs is 2. The van der Waals surface area contributed by atoms with Gasteiger partial charge >= 0.3 is 0 Å². The largest absolute Gasteiger partial charge is 0.496 e. The maximum atomic E-state index is 13.4. The van der Waals surface area contributed by atoms with Gasteiger partial charge in [0.25, 0.3) is 11.5 Å². The number of aromatic nitrogens is 3. The third-order valence-corrected chi connectivity index (χ3v) is 11.3. The van der Waals surface area contributed by atoms with Gasteiger partial charge in [0.2, 0.25) is 11.8 Å². The van der Waals surface area contributed by atoms with Crippen LogP contribution in [0, 0.1) is 5.41 Å². The number of hydrogen-bond acceptors (Lipinski definition) is 9. The van der Waals surface area contributed by atoms with E-state index in [1.165, 1.54) is 0 Å². The molecule has 13 heteroatoms. The number of piperidine rings is 2. The molecule has 4 aromatic rings.